The van der Waals surface area contributed by atoms with E-state index >= 15 is 0 Å². The van der Waals surface area contributed by atoms with Gasteiger partial charge in [-0.05, 0) is 31.9 Å². The number of hydrogen-bond acceptors (Lipinski definition) is 4. The predicted octanol–water partition coefficient (Wildman–Crippen LogP) is 2.86. The maximum absolute atomic E-state index is 12.9. The monoisotopic (exact) mass is 390 g/mol. The summed E-state index contributed by atoms with van der Waals surface area (Å²) in [7, 11) is 0. The first-order chi connectivity index (χ1) is 14.0. The van der Waals surface area contributed by atoms with Gasteiger partial charge in [0.2, 0.25) is 5.91 Å². The van der Waals surface area contributed by atoms with Crippen LogP contribution in [0.1, 0.15) is 55.9 Å². The van der Waals surface area contributed by atoms with Crippen LogP contribution in [0, 0.1) is 6.92 Å². The molecule has 3 amide bonds. The minimum Gasteiger partial charge on any atom is -0.338 e. The molecule has 1 saturated heterocycles. The second-order valence-electron chi connectivity index (χ2n) is 7.62. The Kier molecular flexibility index (Phi) is 5.01. The van der Waals surface area contributed by atoms with Crippen molar-refractivity contribution < 1.29 is 19.2 Å². The molecule has 2 aliphatic heterocycles. The van der Waals surface area contributed by atoms with Gasteiger partial charge in [-0.15, -0.1) is 0 Å². The van der Waals surface area contributed by atoms with Crippen molar-refractivity contribution in [3.05, 3.63) is 70.8 Å². The molecule has 0 N–H and O–H groups in total. The van der Waals surface area contributed by atoms with E-state index in [1.165, 1.54) is 0 Å². The number of ketones is 1. The fourth-order valence-corrected chi connectivity index (χ4v) is 4.11. The Bertz CT molecular complexity index is 999. The third kappa shape index (κ3) is 3.58. The van der Waals surface area contributed by atoms with Crippen molar-refractivity contribution in [1.82, 2.24) is 9.80 Å². The molecule has 4 rings (SSSR count). The number of carbonyl (C=O) groups is 4. The van der Waals surface area contributed by atoms with Crippen molar-refractivity contribution in [2.75, 3.05) is 13.1 Å². The normalized spacial score (nSPS) is 18.3. The lowest BCUT2D eigenvalue weighted by Crippen LogP contribution is -2.45. The highest BCUT2D eigenvalue weighted by Crippen LogP contribution is 2.26. The first-order valence-corrected chi connectivity index (χ1v) is 9.80. The first-order valence-electron chi connectivity index (χ1n) is 9.80. The van der Waals surface area contributed by atoms with Crippen LogP contribution in [0.3, 0.4) is 0 Å². The SMILES string of the molecule is Cc1ccc2c(c1)C(=O)N(CC(=O)N1CCCC1CC(=O)c1ccccc1)C2=O. The van der Waals surface area contributed by atoms with E-state index in [2.05, 4.69) is 0 Å². The fraction of sp³-hybridized carbons (Fsp3) is 0.304. The lowest BCUT2D eigenvalue weighted by atomic mass is 10.0. The van der Waals surface area contributed by atoms with E-state index in [4.69, 9.17) is 0 Å². The van der Waals surface area contributed by atoms with Crippen LogP contribution in [0.15, 0.2) is 48.5 Å². The molecule has 148 valence electrons. The molecule has 0 bridgehead atoms. The molecule has 2 heterocycles. The number of fused-ring (bicyclic) bond motifs is 1. The molecule has 2 aliphatic rings. The highest BCUT2D eigenvalue weighted by molar-refractivity contribution is 6.22. The third-order valence-corrected chi connectivity index (χ3v) is 5.63. The van der Waals surface area contributed by atoms with E-state index in [9.17, 15) is 19.2 Å². The summed E-state index contributed by atoms with van der Waals surface area (Å²) in [6.07, 6.45) is 1.79. The lowest BCUT2D eigenvalue weighted by molar-refractivity contribution is -0.132. The highest BCUT2D eigenvalue weighted by Gasteiger charge is 2.39. The van der Waals surface area contributed by atoms with Gasteiger partial charge in [-0.1, -0.05) is 42.0 Å². The number of rotatable bonds is 5. The maximum Gasteiger partial charge on any atom is 0.262 e. The second kappa shape index (κ2) is 7.62. The van der Waals surface area contributed by atoms with Crippen molar-refractivity contribution in [2.24, 2.45) is 0 Å². The average molecular weight is 390 g/mol. The van der Waals surface area contributed by atoms with E-state index in [1.807, 2.05) is 25.1 Å². The fourth-order valence-electron chi connectivity index (χ4n) is 4.11. The number of amides is 3. The van der Waals surface area contributed by atoms with Crippen LogP contribution in [0.4, 0.5) is 0 Å². The number of nitrogens with zero attached hydrogens (tertiary/aromatic N) is 2. The zero-order chi connectivity index (χ0) is 20.5. The first kappa shape index (κ1) is 19.1. The number of hydrogen-bond donors (Lipinski definition) is 0. The van der Waals surface area contributed by atoms with Gasteiger partial charge in [0, 0.05) is 24.6 Å². The van der Waals surface area contributed by atoms with E-state index < -0.39 is 11.8 Å². The van der Waals surface area contributed by atoms with Crippen LogP contribution in [-0.2, 0) is 4.79 Å². The van der Waals surface area contributed by atoms with Crippen molar-refractivity contribution in [2.45, 2.75) is 32.2 Å². The zero-order valence-corrected chi connectivity index (χ0v) is 16.3. The Morgan fingerprint density at radius 2 is 1.72 bits per heavy atom. The summed E-state index contributed by atoms with van der Waals surface area (Å²) in [6.45, 7) is 2.10. The third-order valence-electron chi connectivity index (χ3n) is 5.63. The van der Waals surface area contributed by atoms with Gasteiger partial charge in [-0.3, -0.25) is 24.1 Å². The van der Waals surface area contributed by atoms with Crippen molar-refractivity contribution >= 4 is 23.5 Å². The summed E-state index contributed by atoms with van der Waals surface area (Å²) in [6, 6.07) is 13.9. The smallest absolute Gasteiger partial charge is 0.262 e. The molecule has 6 nitrogen and oxygen atoms in total. The summed E-state index contributed by atoms with van der Waals surface area (Å²) in [4.78, 5) is 53.3. The summed E-state index contributed by atoms with van der Waals surface area (Å²) < 4.78 is 0. The predicted molar refractivity (Wildman–Crippen MR) is 107 cm³/mol. The molecule has 1 fully saturated rings. The van der Waals surface area contributed by atoms with Crippen LogP contribution < -0.4 is 0 Å². The molecule has 6 heteroatoms. The minimum absolute atomic E-state index is 0.00787. The quantitative estimate of drug-likeness (QED) is 0.581. The zero-order valence-electron chi connectivity index (χ0n) is 16.3. The van der Waals surface area contributed by atoms with Crippen LogP contribution in [-0.4, -0.2) is 52.4 Å². The van der Waals surface area contributed by atoms with Crippen molar-refractivity contribution in [3.8, 4) is 0 Å². The molecule has 29 heavy (non-hydrogen) atoms. The van der Waals surface area contributed by atoms with Gasteiger partial charge in [0.25, 0.3) is 11.8 Å². The molecule has 0 radical (unpaired) electrons. The molecule has 0 aliphatic carbocycles. The Hall–Kier alpha value is -3.28. The molecule has 2 aromatic rings. The molecule has 2 aromatic carbocycles. The molecule has 1 unspecified atom stereocenters. The Morgan fingerprint density at radius 3 is 2.48 bits per heavy atom. The average Bonchev–Trinajstić information content (AvgIpc) is 3.27. The van der Waals surface area contributed by atoms with E-state index in [-0.39, 0.29) is 30.7 Å². The molecule has 0 spiro atoms. The molecule has 0 saturated carbocycles. The Balaban J connectivity index is 1.45. The number of imide groups is 1. The molecule has 1 atom stereocenters. The Labute approximate surface area is 169 Å². The summed E-state index contributed by atoms with van der Waals surface area (Å²) in [5.41, 5.74) is 2.20. The topological polar surface area (TPSA) is 74.8 Å². The number of benzene rings is 2. The van der Waals surface area contributed by atoms with Crippen LogP contribution in [0.5, 0.6) is 0 Å². The van der Waals surface area contributed by atoms with Crippen LogP contribution in [0.2, 0.25) is 0 Å². The van der Waals surface area contributed by atoms with Gasteiger partial charge in [0.15, 0.2) is 5.78 Å². The largest absolute Gasteiger partial charge is 0.338 e. The van der Waals surface area contributed by atoms with E-state index in [0.29, 0.717) is 23.2 Å². The van der Waals surface area contributed by atoms with Crippen molar-refractivity contribution in [3.63, 3.8) is 0 Å². The standard InChI is InChI=1S/C23H22N2O4/c1-15-9-10-18-19(12-15)23(29)25(22(18)28)14-21(27)24-11-5-8-17(24)13-20(26)16-6-3-2-4-7-16/h2-4,6-7,9-10,12,17H,5,8,11,13-14H2,1H3. The Morgan fingerprint density at radius 1 is 1.00 bits per heavy atom. The van der Waals surface area contributed by atoms with Gasteiger partial charge in [-0.2, -0.15) is 0 Å². The summed E-state index contributed by atoms with van der Waals surface area (Å²) in [5, 5.41) is 0. The number of carbonyl (C=O) groups excluding carboxylic acids is 4. The van der Waals surface area contributed by atoms with Gasteiger partial charge in [-0.25, -0.2) is 0 Å². The second-order valence-corrected chi connectivity index (χ2v) is 7.62. The van der Waals surface area contributed by atoms with Gasteiger partial charge >= 0.3 is 0 Å². The summed E-state index contributed by atoms with van der Waals surface area (Å²) in [5.74, 6) is -1.17. The highest BCUT2D eigenvalue weighted by atomic mass is 16.2. The maximum atomic E-state index is 12.9. The van der Waals surface area contributed by atoms with Crippen LogP contribution >= 0.6 is 0 Å². The molecular formula is C23H22N2O4. The van der Waals surface area contributed by atoms with Gasteiger partial charge < -0.3 is 4.90 Å². The van der Waals surface area contributed by atoms with Crippen molar-refractivity contribution in [1.29, 1.82) is 0 Å². The number of aryl methyl sites for hydroxylation is 1. The number of Topliss-reactive ketones (excluding diaryl/α,β-unsaturated/α-hetero) is 1. The lowest BCUT2D eigenvalue weighted by Gasteiger charge is -2.26. The van der Waals surface area contributed by atoms with Gasteiger partial charge in [0.1, 0.15) is 6.54 Å². The number of likely N-dealkylation sites (tertiary alicyclic amines) is 1. The van der Waals surface area contributed by atoms with E-state index in [1.54, 1.807) is 35.2 Å². The summed E-state index contributed by atoms with van der Waals surface area (Å²) >= 11 is 0. The van der Waals surface area contributed by atoms with E-state index in [0.717, 1.165) is 23.3 Å². The molecule has 0 aromatic heterocycles. The van der Waals surface area contributed by atoms with Crippen LogP contribution in [0.25, 0.3) is 0 Å². The minimum atomic E-state index is -0.436. The van der Waals surface area contributed by atoms with Gasteiger partial charge in [0.05, 0.1) is 11.1 Å². The molecular weight excluding hydrogens is 368 g/mol.